The summed E-state index contributed by atoms with van der Waals surface area (Å²) in [6.45, 7) is 2.88. The number of amides is 1. The van der Waals surface area contributed by atoms with Crippen LogP contribution < -0.4 is 4.74 Å². The van der Waals surface area contributed by atoms with Gasteiger partial charge in [0.2, 0.25) is 5.91 Å². The first-order valence-electron chi connectivity index (χ1n) is 8.02. The van der Waals surface area contributed by atoms with Crippen LogP contribution in [0.15, 0.2) is 54.6 Å². The van der Waals surface area contributed by atoms with E-state index in [1.165, 1.54) is 0 Å². The van der Waals surface area contributed by atoms with E-state index < -0.39 is 0 Å². The quantitative estimate of drug-likeness (QED) is 0.786. The molecule has 1 heterocycles. The number of ether oxygens (including phenoxy) is 1. The van der Waals surface area contributed by atoms with Crippen LogP contribution in [0, 0.1) is 0 Å². The first-order chi connectivity index (χ1) is 11.3. The Bertz CT molecular complexity index is 659. The first-order valence-corrected chi connectivity index (χ1v) is 9.06. The maximum atomic E-state index is 12.3. The van der Waals surface area contributed by atoms with Gasteiger partial charge in [-0.1, -0.05) is 37.3 Å². The predicted octanol–water partition coefficient (Wildman–Crippen LogP) is 4.85. The normalized spacial score (nSPS) is 17.3. The third-order valence-electron chi connectivity index (χ3n) is 3.80. The molecule has 2 aromatic carbocycles. The van der Waals surface area contributed by atoms with Crippen molar-refractivity contribution in [2.24, 2.45) is 0 Å². The Labute approximate surface area is 141 Å². The van der Waals surface area contributed by atoms with Gasteiger partial charge in [0, 0.05) is 18.7 Å². The van der Waals surface area contributed by atoms with E-state index in [-0.39, 0.29) is 11.3 Å². The van der Waals surface area contributed by atoms with Crippen molar-refractivity contribution < 1.29 is 9.53 Å². The van der Waals surface area contributed by atoms with E-state index in [9.17, 15) is 4.79 Å². The Hall–Kier alpha value is -1.94. The molecular formula is C19H21NO2S. The van der Waals surface area contributed by atoms with Gasteiger partial charge < -0.3 is 9.64 Å². The average Bonchev–Trinajstić information content (AvgIpc) is 3.06. The minimum atomic E-state index is 0.105. The maximum Gasteiger partial charge on any atom is 0.223 e. The van der Waals surface area contributed by atoms with Gasteiger partial charge in [0.1, 0.15) is 16.9 Å². The molecule has 3 nitrogen and oxygen atoms in total. The molecule has 23 heavy (non-hydrogen) atoms. The summed E-state index contributed by atoms with van der Waals surface area (Å²) in [5.74, 6) is 2.87. The van der Waals surface area contributed by atoms with Gasteiger partial charge in [0.15, 0.2) is 0 Å². The smallest absolute Gasteiger partial charge is 0.223 e. The molecule has 2 aromatic rings. The predicted molar refractivity (Wildman–Crippen MR) is 94.8 cm³/mol. The first kappa shape index (κ1) is 15.9. The molecule has 1 saturated heterocycles. The van der Waals surface area contributed by atoms with Crippen LogP contribution in [-0.4, -0.2) is 23.1 Å². The molecule has 120 valence electrons. The van der Waals surface area contributed by atoms with Crippen molar-refractivity contribution in [2.45, 2.75) is 25.1 Å². The summed E-state index contributed by atoms with van der Waals surface area (Å²) in [5, 5.41) is 0.105. The Morgan fingerprint density at radius 1 is 1.17 bits per heavy atom. The summed E-state index contributed by atoms with van der Waals surface area (Å²) >= 11 is 1.82. The van der Waals surface area contributed by atoms with Crippen LogP contribution in [0.3, 0.4) is 0 Å². The van der Waals surface area contributed by atoms with Crippen molar-refractivity contribution >= 4 is 17.7 Å². The lowest BCUT2D eigenvalue weighted by Crippen LogP contribution is -2.30. The molecule has 0 saturated carbocycles. The Balaban J connectivity index is 1.77. The summed E-state index contributed by atoms with van der Waals surface area (Å²) in [6, 6.07) is 17.8. The molecule has 0 bridgehead atoms. The zero-order chi connectivity index (χ0) is 16.1. The third-order valence-corrected chi connectivity index (χ3v) is 5.06. The van der Waals surface area contributed by atoms with Gasteiger partial charge in [-0.05, 0) is 36.2 Å². The number of thioether (sulfide) groups is 1. The second-order valence-electron chi connectivity index (χ2n) is 5.55. The summed E-state index contributed by atoms with van der Waals surface area (Å²) in [5.41, 5.74) is 1.13. The number of hydrogen-bond donors (Lipinski definition) is 0. The highest BCUT2D eigenvalue weighted by Gasteiger charge is 2.30. The lowest BCUT2D eigenvalue weighted by atomic mass is 10.2. The average molecular weight is 327 g/mol. The van der Waals surface area contributed by atoms with Gasteiger partial charge in [-0.25, -0.2) is 0 Å². The van der Waals surface area contributed by atoms with Crippen molar-refractivity contribution in [2.75, 3.05) is 12.3 Å². The van der Waals surface area contributed by atoms with Crippen molar-refractivity contribution in [3.8, 4) is 11.5 Å². The van der Waals surface area contributed by atoms with Crippen LogP contribution in [-0.2, 0) is 4.79 Å². The number of para-hydroxylation sites is 1. The van der Waals surface area contributed by atoms with Gasteiger partial charge in [0.05, 0.1) is 0 Å². The van der Waals surface area contributed by atoms with Crippen LogP contribution >= 0.6 is 11.8 Å². The van der Waals surface area contributed by atoms with Gasteiger partial charge in [-0.3, -0.25) is 4.79 Å². The molecule has 1 atom stereocenters. The Morgan fingerprint density at radius 3 is 2.74 bits per heavy atom. The molecule has 4 heteroatoms. The Kier molecular flexibility index (Phi) is 5.23. The fraction of sp³-hybridized carbons (Fsp3) is 0.316. The number of carbonyl (C=O) groups is 1. The highest BCUT2D eigenvalue weighted by atomic mass is 32.2. The fourth-order valence-electron chi connectivity index (χ4n) is 2.72. The minimum Gasteiger partial charge on any atom is -0.457 e. The molecule has 1 amide bonds. The van der Waals surface area contributed by atoms with E-state index in [0.717, 1.165) is 35.8 Å². The van der Waals surface area contributed by atoms with Crippen molar-refractivity contribution in [3.63, 3.8) is 0 Å². The number of hydrogen-bond acceptors (Lipinski definition) is 3. The van der Waals surface area contributed by atoms with Crippen molar-refractivity contribution in [3.05, 3.63) is 60.2 Å². The van der Waals surface area contributed by atoms with E-state index in [1.54, 1.807) is 0 Å². The second kappa shape index (κ2) is 7.55. The topological polar surface area (TPSA) is 29.5 Å². The van der Waals surface area contributed by atoms with Crippen LogP contribution in [0.5, 0.6) is 11.5 Å². The van der Waals surface area contributed by atoms with E-state index in [0.29, 0.717) is 6.42 Å². The molecule has 0 unspecified atom stereocenters. The van der Waals surface area contributed by atoms with Crippen molar-refractivity contribution in [1.82, 2.24) is 4.90 Å². The summed E-state index contributed by atoms with van der Waals surface area (Å²) in [4.78, 5) is 14.3. The number of rotatable bonds is 5. The zero-order valence-corrected chi connectivity index (χ0v) is 14.1. The monoisotopic (exact) mass is 327 g/mol. The van der Waals surface area contributed by atoms with Crippen LogP contribution in [0.25, 0.3) is 0 Å². The number of nitrogens with zero attached hydrogens (tertiary/aromatic N) is 1. The molecule has 1 fully saturated rings. The molecule has 1 aliphatic heterocycles. The Morgan fingerprint density at radius 2 is 1.96 bits per heavy atom. The standard InChI is InChI=1S/C19H21NO2S/c1-2-7-18(21)20-12-13-23-19(20)15-8-6-11-17(14-15)22-16-9-4-3-5-10-16/h3-6,8-11,14,19H,2,7,12-13H2,1H3/t19-/m1/s1. The third kappa shape index (κ3) is 3.88. The molecule has 3 rings (SSSR count). The number of benzene rings is 2. The van der Waals surface area contributed by atoms with Gasteiger partial charge >= 0.3 is 0 Å². The lowest BCUT2D eigenvalue weighted by molar-refractivity contribution is -0.131. The molecule has 0 aliphatic carbocycles. The SMILES string of the molecule is CCCC(=O)N1CCS[C@@H]1c1cccc(Oc2ccccc2)c1. The zero-order valence-electron chi connectivity index (χ0n) is 13.3. The van der Waals surface area contributed by atoms with Crippen LogP contribution in [0.2, 0.25) is 0 Å². The van der Waals surface area contributed by atoms with E-state index >= 15 is 0 Å². The highest BCUT2D eigenvalue weighted by Crippen LogP contribution is 2.39. The molecule has 0 N–H and O–H groups in total. The molecule has 0 radical (unpaired) electrons. The van der Waals surface area contributed by atoms with Gasteiger partial charge in [-0.15, -0.1) is 11.8 Å². The van der Waals surface area contributed by atoms with E-state index in [1.807, 2.05) is 72.1 Å². The molecular weight excluding hydrogens is 306 g/mol. The largest absolute Gasteiger partial charge is 0.457 e. The highest BCUT2D eigenvalue weighted by molar-refractivity contribution is 7.99. The minimum absolute atomic E-state index is 0.105. The number of carbonyl (C=O) groups excluding carboxylic acids is 1. The summed E-state index contributed by atoms with van der Waals surface area (Å²) < 4.78 is 5.91. The van der Waals surface area contributed by atoms with E-state index in [2.05, 4.69) is 6.07 Å². The summed E-state index contributed by atoms with van der Waals surface area (Å²) in [7, 11) is 0. The fourth-order valence-corrected chi connectivity index (χ4v) is 3.98. The lowest BCUT2D eigenvalue weighted by Gasteiger charge is -2.24. The van der Waals surface area contributed by atoms with E-state index in [4.69, 9.17) is 4.74 Å². The van der Waals surface area contributed by atoms with Crippen molar-refractivity contribution in [1.29, 1.82) is 0 Å². The van der Waals surface area contributed by atoms with Crippen LogP contribution in [0.1, 0.15) is 30.7 Å². The molecule has 0 spiro atoms. The maximum absolute atomic E-state index is 12.3. The van der Waals surface area contributed by atoms with Gasteiger partial charge in [0.25, 0.3) is 0 Å². The molecule has 1 aliphatic rings. The summed E-state index contributed by atoms with van der Waals surface area (Å²) in [6.07, 6.45) is 1.52. The van der Waals surface area contributed by atoms with Gasteiger partial charge in [-0.2, -0.15) is 0 Å². The molecule has 0 aromatic heterocycles. The second-order valence-corrected chi connectivity index (χ2v) is 6.74. The van der Waals surface area contributed by atoms with Crippen LogP contribution in [0.4, 0.5) is 0 Å².